The maximum atomic E-state index is 11.9. The van der Waals surface area contributed by atoms with Crippen molar-refractivity contribution in [2.45, 2.75) is 9.99 Å². The van der Waals surface area contributed by atoms with Crippen LogP contribution in [0.15, 0.2) is 86.2 Å². The summed E-state index contributed by atoms with van der Waals surface area (Å²) in [6, 6.07) is 19.4. The minimum atomic E-state index is -0.364. The lowest BCUT2D eigenvalue weighted by Crippen LogP contribution is -2.17. The summed E-state index contributed by atoms with van der Waals surface area (Å²) in [6.07, 6.45) is 1.44. The third-order valence-electron chi connectivity index (χ3n) is 3.05. The van der Waals surface area contributed by atoms with E-state index in [1.165, 1.54) is 42.2 Å². The lowest BCUT2D eigenvalue weighted by Gasteiger charge is -1.99. The molecule has 0 aliphatic carbocycles. The molecule has 0 spiro atoms. The second-order valence-corrected chi connectivity index (χ2v) is 5.90. The Kier molecular flexibility index (Phi) is 4.98. The molecular formula is C18H14N2O3S. The maximum Gasteiger partial charge on any atom is 0.271 e. The topological polar surface area (TPSA) is 74.8 Å². The second kappa shape index (κ2) is 7.52. The van der Waals surface area contributed by atoms with Crippen molar-refractivity contribution in [3.05, 3.63) is 78.1 Å². The second-order valence-electron chi connectivity index (χ2n) is 4.82. The van der Waals surface area contributed by atoms with Crippen LogP contribution < -0.4 is 5.43 Å². The van der Waals surface area contributed by atoms with Crippen molar-refractivity contribution in [2.75, 3.05) is 0 Å². The molecule has 1 amide bonds. The molecule has 1 aromatic heterocycles. The highest BCUT2D eigenvalue weighted by Crippen LogP contribution is 2.28. The number of benzene rings is 2. The first kappa shape index (κ1) is 15.9. The monoisotopic (exact) mass is 338 g/mol. The van der Waals surface area contributed by atoms with Crippen LogP contribution in [0.2, 0.25) is 0 Å². The van der Waals surface area contributed by atoms with E-state index in [0.29, 0.717) is 11.3 Å². The number of nitrogens with one attached hydrogen (secondary N) is 1. The van der Waals surface area contributed by atoms with Gasteiger partial charge in [-0.05, 0) is 48.5 Å². The fourth-order valence-corrected chi connectivity index (χ4v) is 2.69. The summed E-state index contributed by atoms with van der Waals surface area (Å²) in [5, 5.41) is 13.8. The van der Waals surface area contributed by atoms with Crippen LogP contribution in [0, 0.1) is 0 Å². The highest BCUT2D eigenvalue weighted by atomic mass is 32.2. The van der Waals surface area contributed by atoms with Gasteiger partial charge in [-0.15, -0.1) is 0 Å². The molecule has 1 heterocycles. The number of carbonyl (C=O) groups excluding carboxylic acids is 1. The Morgan fingerprint density at radius 2 is 1.79 bits per heavy atom. The zero-order chi connectivity index (χ0) is 16.8. The van der Waals surface area contributed by atoms with Crippen molar-refractivity contribution in [1.29, 1.82) is 0 Å². The van der Waals surface area contributed by atoms with Gasteiger partial charge in [0.15, 0.2) is 5.09 Å². The molecule has 0 atom stereocenters. The molecule has 0 aliphatic rings. The Bertz CT molecular complexity index is 842. The summed E-state index contributed by atoms with van der Waals surface area (Å²) in [6.45, 7) is 0. The van der Waals surface area contributed by atoms with Gasteiger partial charge < -0.3 is 9.52 Å². The number of hydrogen-bond acceptors (Lipinski definition) is 5. The Morgan fingerprint density at radius 1 is 1.04 bits per heavy atom. The molecule has 2 N–H and O–H groups in total. The lowest BCUT2D eigenvalue weighted by atomic mass is 10.2. The molecule has 0 unspecified atom stereocenters. The molecule has 24 heavy (non-hydrogen) atoms. The zero-order valence-electron chi connectivity index (χ0n) is 12.5. The van der Waals surface area contributed by atoms with Crippen LogP contribution in [0.25, 0.3) is 0 Å². The van der Waals surface area contributed by atoms with Gasteiger partial charge in [0.25, 0.3) is 5.91 Å². The average Bonchev–Trinajstić information content (AvgIpc) is 3.03. The van der Waals surface area contributed by atoms with E-state index in [-0.39, 0.29) is 11.7 Å². The van der Waals surface area contributed by atoms with Crippen LogP contribution in [-0.4, -0.2) is 17.2 Å². The van der Waals surface area contributed by atoms with E-state index in [9.17, 15) is 9.90 Å². The van der Waals surface area contributed by atoms with Crippen molar-refractivity contribution in [2.24, 2.45) is 5.10 Å². The van der Waals surface area contributed by atoms with Crippen LogP contribution >= 0.6 is 11.8 Å². The van der Waals surface area contributed by atoms with E-state index >= 15 is 0 Å². The van der Waals surface area contributed by atoms with Gasteiger partial charge in [0.05, 0.1) is 6.21 Å². The SMILES string of the molecule is O=C(N/N=C\c1ccc(Sc2ccccc2)o1)c1ccc(O)cc1. The summed E-state index contributed by atoms with van der Waals surface area (Å²) < 4.78 is 5.62. The fourth-order valence-electron chi connectivity index (χ4n) is 1.90. The van der Waals surface area contributed by atoms with Crippen molar-refractivity contribution >= 4 is 23.9 Å². The van der Waals surface area contributed by atoms with Crippen LogP contribution in [0.5, 0.6) is 5.75 Å². The third kappa shape index (κ3) is 4.27. The highest BCUT2D eigenvalue weighted by molar-refractivity contribution is 7.99. The van der Waals surface area contributed by atoms with Gasteiger partial charge in [0.1, 0.15) is 11.5 Å². The number of amides is 1. The summed E-state index contributed by atoms with van der Waals surface area (Å²) in [5.41, 5.74) is 2.82. The minimum absolute atomic E-state index is 0.106. The van der Waals surface area contributed by atoms with Gasteiger partial charge in [-0.3, -0.25) is 4.79 Å². The predicted octanol–water partition coefficient (Wildman–Crippen LogP) is 3.90. The van der Waals surface area contributed by atoms with Crippen molar-refractivity contribution < 1.29 is 14.3 Å². The summed E-state index contributed by atoms with van der Waals surface area (Å²) in [4.78, 5) is 12.9. The first-order chi connectivity index (χ1) is 11.7. The molecule has 0 fully saturated rings. The average molecular weight is 338 g/mol. The zero-order valence-corrected chi connectivity index (χ0v) is 13.4. The summed E-state index contributed by atoms with van der Waals surface area (Å²) in [7, 11) is 0. The molecule has 120 valence electrons. The summed E-state index contributed by atoms with van der Waals surface area (Å²) >= 11 is 1.51. The van der Waals surface area contributed by atoms with E-state index in [0.717, 1.165) is 9.99 Å². The van der Waals surface area contributed by atoms with Crippen molar-refractivity contribution in [1.82, 2.24) is 5.43 Å². The predicted molar refractivity (Wildman–Crippen MR) is 92.4 cm³/mol. The van der Waals surface area contributed by atoms with E-state index in [1.54, 1.807) is 6.07 Å². The third-order valence-corrected chi connectivity index (χ3v) is 3.98. The molecule has 0 saturated carbocycles. The van der Waals surface area contributed by atoms with E-state index in [2.05, 4.69) is 10.5 Å². The Balaban J connectivity index is 1.57. The Hall–Kier alpha value is -2.99. The Labute approximate surface area is 143 Å². The molecule has 2 aromatic carbocycles. The quantitative estimate of drug-likeness (QED) is 0.546. The number of carbonyl (C=O) groups is 1. The minimum Gasteiger partial charge on any atom is -0.508 e. The number of nitrogens with zero attached hydrogens (tertiary/aromatic N) is 1. The van der Waals surface area contributed by atoms with Gasteiger partial charge in [-0.1, -0.05) is 30.0 Å². The van der Waals surface area contributed by atoms with E-state index in [1.807, 2.05) is 36.4 Å². The lowest BCUT2D eigenvalue weighted by molar-refractivity contribution is 0.0955. The van der Waals surface area contributed by atoms with Crippen LogP contribution in [-0.2, 0) is 0 Å². The van der Waals surface area contributed by atoms with E-state index in [4.69, 9.17) is 4.42 Å². The Morgan fingerprint density at radius 3 is 2.54 bits per heavy atom. The van der Waals surface area contributed by atoms with Gasteiger partial charge in [0.2, 0.25) is 0 Å². The van der Waals surface area contributed by atoms with Crippen LogP contribution in [0.3, 0.4) is 0 Å². The number of furan rings is 1. The van der Waals surface area contributed by atoms with E-state index < -0.39 is 0 Å². The standard InChI is InChI=1S/C18H14N2O3S/c21-14-8-6-13(7-9-14)18(22)20-19-12-15-10-11-17(23-15)24-16-4-2-1-3-5-16/h1-12,21H,(H,20,22)/b19-12-. The first-order valence-corrected chi connectivity index (χ1v) is 7.97. The molecule has 0 saturated heterocycles. The number of phenolic OH excluding ortho intramolecular Hbond substituents is 1. The molecule has 3 aromatic rings. The molecule has 0 aliphatic heterocycles. The molecular weight excluding hydrogens is 324 g/mol. The summed E-state index contributed by atoms with van der Waals surface area (Å²) in [5.74, 6) is 0.283. The number of aromatic hydroxyl groups is 1. The molecule has 0 bridgehead atoms. The van der Waals surface area contributed by atoms with Gasteiger partial charge in [-0.2, -0.15) is 5.10 Å². The van der Waals surface area contributed by atoms with Gasteiger partial charge in [0, 0.05) is 10.5 Å². The van der Waals surface area contributed by atoms with Crippen molar-refractivity contribution in [3.8, 4) is 5.75 Å². The normalized spacial score (nSPS) is 10.8. The number of rotatable bonds is 5. The smallest absolute Gasteiger partial charge is 0.271 e. The molecule has 5 nitrogen and oxygen atoms in total. The number of hydrogen-bond donors (Lipinski definition) is 2. The van der Waals surface area contributed by atoms with Crippen LogP contribution in [0.1, 0.15) is 16.1 Å². The largest absolute Gasteiger partial charge is 0.508 e. The fraction of sp³-hybridized carbons (Fsp3) is 0. The maximum absolute atomic E-state index is 11.9. The molecule has 0 radical (unpaired) electrons. The van der Waals surface area contributed by atoms with Gasteiger partial charge in [-0.25, -0.2) is 5.43 Å². The molecule has 3 rings (SSSR count). The number of hydrazone groups is 1. The van der Waals surface area contributed by atoms with Crippen molar-refractivity contribution in [3.63, 3.8) is 0 Å². The first-order valence-electron chi connectivity index (χ1n) is 7.16. The van der Waals surface area contributed by atoms with Gasteiger partial charge >= 0.3 is 0 Å². The van der Waals surface area contributed by atoms with Crippen LogP contribution in [0.4, 0.5) is 0 Å². The highest BCUT2D eigenvalue weighted by Gasteiger charge is 2.05. The number of phenols is 1. The molecule has 6 heteroatoms.